The molecule has 116 valence electrons. The maximum atomic E-state index is 9.92. The van der Waals surface area contributed by atoms with Gasteiger partial charge in [-0.05, 0) is 72.7 Å². The lowest BCUT2D eigenvalue weighted by Gasteiger charge is -2.59. The van der Waals surface area contributed by atoms with Crippen LogP contribution in [0.15, 0.2) is 24.0 Å². The molecule has 0 heterocycles. The third-order valence-electron chi connectivity index (χ3n) is 7.84. The summed E-state index contributed by atoms with van der Waals surface area (Å²) in [5.74, 6) is 3.54. The van der Waals surface area contributed by atoms with E-state index in [4.69, 9.17) is 5.73 Å². The molecule has 2 saturated carbocycles. The average Bonchev–Trinajstić information content (AvgIpc) is 2.76. The van der Waals surface area contributed by atoms with Crippen molar-refractivity contribution in [2.24, 2.45) is 40.2 Å². The highest BCUT2D eigenvalue weighted by Crippen LogP contribution is 2.64. The average molecular weight is 287 g/mol. The van der Waals surface area contributed by atoms with E-state index in [1.807, 2.05) is 0 Å². The van der Waals surface area contributed by atoms with Crippen LogP contribution in [0.4, 0.5) is 0 Å². The Morgan fingerprint density at radius 1 is 1.10 bits per heavy atom. The van der Waals surface area contributed by atoms with Crippen LogP contribution in [0.2, 0.25) is 0 Å². The van der Waals surface area contributed by atoms with Crippen molar-refractivity contribution in [2.45, 2.75) is 58.4 Å². The molecule has 0 bridgehead atoms. The molecule has 3 N–H and O–H groups in total. The van der Waals surface area contributed by atoms with E-state index in [1.165, 1.54) is 32.1 Å². The number of hydrogen-bond acceptors (Lipinski definition) is 2. The Balaban J connectivity index is 1.67. The molecule has 0 spiro atoms. The highest BCUT2D eigenvalue weighted by Gasteiger charge is 2.57. The van der Waals surface area contributed by atoms with Crippen molar-refractivity contribution in [2.75, 3.05) is 0 Å². The second kappa shape index (κ2) is 4.38. The monoisotopic (exact) mass is 287 g/mol. The first-order valence-corrected chi connectivity index (χ1v) is 8.79. The number of fused-ring (bicyclic) bond motifs is 5. The molecule has 0 aromatic carbocycles. The molecule has 0 aromatic heterocycles. The Morgan fingerprint density at radius 3 is 2.71 bits per heavy atom. The molecule has 0 aromatic rings. The minimum Gasteiger partial charge on any atom is -0.513 e. The quantitative estimate of drug-likeness (QED) is 0.656. The van der Waals surface area contributed by atoms with Crippen LogP contribution in [0.1, 0.15) is 52.4 Å². The van der Waals surface area contributed by atoms with E-state index in [0.29, 0.717) is 28.4 Å². The van der Waals surface area contributed by atoms with Crippen LogP contribution in [-0.2, 0) is 0 Å². The topological polar surface area (TPSA) is 46.2 Å². The van der Waals surface area contributed by atoms with Gasteiger partial charge in [0.05, 0.1) is 5.76 Å². The second-order valence-corrected chi connectivity index (χ2v) is 8.60. The molecule has 2 fully saturated rings. The lowest BCUT2D eigenvalue weighted by atomic mass is 9.46. The molecule has 7 atom stereocenters. The van der Waals surface area contributed by atoms with Crippen LogP contribution in [0.5, 0.6) is 0 Å². The zero-order valence-corrected chi connectivity index (χ0v) is 13.4. The summed E-state index contributed by atoms with van der Waals surface area (Å²) in [4.78, 5) is 0. The van der Waals surface area contributed by atoms with Gasteiger partial charge in [0.1, 0.15) is 0 Å². The third-order valence-corrected chi connectivity index (χ3v) is 7.84. The third kappa shape index (κ3) is 1.75. The standard InChI is InChI=1S/C19H29NO/c1-18-9-7-13(21)11-12(18)3-4-14-15-5-6-17(20)19(15,2)10-8-16(14)18/h5-6,11-12,14-17,21H,3-4,7-10,20H2,1-2H3/t12?,14-,15-,16-,17-,18-,19-/m0/s1. The Labute approximate surface area is 128 Å². The van der Waals surface area contributed by atoms with Gasteiger partial charge in [-0.25, -0.2) is 0 Å². The molecule has 0 saturated heterocycles. The minimum atomic E-state index is 0.254. The largest absolute Gasteiger partial charge is 0.513 e. The summed E-state index contributed by atoms with van der Waals surface area (Å²) in [5, 5.41) is 9.92. The fourth-order valence-electron chi connectivity index (χ4n) is 6.33. The molecule has 0 amide bonds. The molecule has 4 rings (SSSR count). The SMILES string of the molecule is C[C@]12CC[C@H]3[C@@H](CCC4C=C(O)CC[C@@]43C)[C@@H]1C=C[C@@H]2N. The Bertz CT molecular complexity index is 510. The molecule has 0 radical (unpaired) electrons. The summed E-state index contributed by atoms with van der Waals surface area (Å²) in [6.45, 7) is 4.91. The fourth-order valence-corrected chi connectivity index (χ4v) is 6.33. The van der Waals surface area contributed by atoms with E-state index >= 15 is 0 Å². The van der Waals surface area contributed by atoms with Gasteiger partial charge in [0.25, 0.3) is 0 Å². The van der Waals surface area contributed by atoms with E-state index in [1.54, 1.807) is 0 Å². The van der Waals surface area contributed by atoms with Crippen LogP contribution in [0.25, 0.3) is 0 Å². The number of nitrogens with two attached hydrogens (primary N) is 1. The fraction of sp³-hybridized carbons (Fsp3) is 0.789. The van der Waals surface area contributed by atoms with Crippen LogP contribution in [0, 0.1) is 34.5 Å². The summed E-state index contributed by atoms with van der Waals surface area (Å²) in [6, 6.07) is 0.254. The maximum Gasteiger partial charge on any atom is 0.0886 e. The molecule has 1 unspecified atom stereocenters. The van der Waals surface area contributed by atoms with Gasteiger partial charge in [0, 0.05) is 12.5 Å². The molecular formula is C19H29NO. The lowest BCUT2D eigenvalue weighted by molar-refractivity contribution is -0.0782. The van der Waals surface area contributed by atoms with E-state index in [0.717, 1.165) is 18.3 Å². The number of rotatable bonds is 0. The van der Waals surface area contributed by atoms with Crippen molar-refractivity contribution >= 4 is 0 Å². The first-order valence-electron chi connectivity index (χ1n) is 8.79. The zero-order chi connectivity index (χ0) is 14.8. The Hall–Kier alpha value is -0.760. The number of aliphatic hydroxyl groups excluding tert-OH is 1. The number of aliphatic hydroxyl groups is 1. The highest BCUT2D eigenvalue weighted by atomic mass is 16.3. The van der Waals surface area contributed by atoms with Gasteiger partial charge in [-0.15, -0.1) is 0 Å². The maximum absolute atomic E-state index is 9.92. The van der Waals surface area contributed by atoms with Crippen molar-refractivity contribution in [3.05, 3.63) is 24.0 Å². The molecule has 0 aliphatic heterocycles. The molecule has 21 heavy (non-hydrogen) atoms. The van der Waals surface area contributed by atoms with Gasteiger partial charge >= 0.3 is 0 Å². The normalized spacial score (nSPS) is 55.4. The van der Waals surface area contributed by atoms with Crippen LogP contribution >= 0.6 is 0 Å². The van der Waals surface area contributed by atoms with E-state index in [-0.39, 0.29) is 6.04 Å². The van der Waals surface area contributed by atoms with E-state index in [9.17, 15) is 5.11 Å². The van der Waals surface area contributed by atoms with Gasteiger partial charge in [0.2, 0.25) is 0 Å². The van der Waals surface area contributed by atoms with Crippen LogP contribution < -0.4 is 5.73 Å². The number of allylic oxidation sites excluding steroid dienone is 3. The van der Waals surface area contributed by atoms with Crippen LogP contribution in [-0.4, -0.2) is 11.1 Å². The van der Waals surface area contributed by atoms with E-state index in [2.05, 4.69) is 32.1 Å². The second-order valence-electron chi connectivity index (χ2n) is 8.60. The van der Waals surface area contributed by atoms with Gasteiger partial charge in [-0.2, -0.15) is 0 Å². The van der Waals surface area contributed by atoms with Gasteiger partial charge in [-0.1, -0.05) is 26.0 Å². The number of hydrogen-bond donors (Lipinski definition) is 2. The summed E-state index contributed by atoms with van der Waals surface area (Å²) in [7, 11) is 0. The molecular weight excluding hydrogens is 258 g/mol. The Morgan fingerprint density at radius 2 is 1.90 bits per heavy atom. The van der Waals surface area contributed by atoms with Crippen LogP contribution in [0.3, 0.4) is 0 Å². The van der Waals surface area contributed by atoms with Crippen molar-refractivity contribution in [1.29, 1.82) is 0 Å². The van der Waals surface area contributed by atoms with Crippen molar-refractivity contribution < 1.29 is 5.11 Å². The first kappa shape index (κ1) is 13.9. The predicted octanol–water partition coefficient (Wildman–Crippen LogP) is 4.18. The van der Waals surface area contributed by atoms with Gasteiger partial charge in [-0.3, -0.25) is 0 Å². The Kier molecular flexibility index (Phi) is 2.89. The lowest BCUT2D eigenvalue weighted by Crippen LogP contribution is -2.54. The minimum absolute atomic E-state index is 0.254. The molecule has 4 aliphatic rings. The smallest absolute Gasteiger partial charge is 0.0886 e. The molecule has 2 heteroatoms. The first-order chi connectivity index (χ1) is 9.95. The van der Waals surface area contributed by atoms with Gasteiger partial charge < -0.3 is 10.8 Å². The summed E-state index contributed by atoms with van der Waals surface area (Å²) in [5.41, 5.74) is 7.10. The van der Waals surface area contributed by atoms with Crippen molar-refractivity contribution in [1.82, 2.24) is 0 Å². The van der Waals surface area contributed by atoms with E-state index < -0.39 is 0 Å². The summed E-state index contributed by atoms with van der Waals surface area (Å²) < 4.78 is 0. The summed E-state index contributed by atoms with van der Waals surface area (Å²) >= 11 is 0. The van der Waals surface area contributed by atoms with Crippen molar-refractivity contribution in [3.8, 4) is 0 Å². The zero-order valence-electron chi connectivity index (χ0n) is 13.4. The predicted molar refractivity (Wildman–Crippen MR) is 85.7 cm³/mol. The highest BCUT2D eigenvalue weighted by molar-refractivity contribution is 5.22. The molecule has 2 nitrogen and oxygen atoms in total. The summed E-state index contributed by atoms with van der Waals surface area (Å²) in [6.07, 6.45) is 14.1. The molecule has 4 aliphatic carbocycles. The van der Waals surface area contributed by atoms with Crippen molar-refractivity contribution in [3.63, 3.8) is 0 Å². The van der Waals surface area contributed by atoms with Gasteiger partial charge in [0.15, 0.2) is 0 Å².